The van der Waals surface area contributed by atoms with Gasteiger partial charge in [-0.1, -0.05) is 0 Å². The van der Waals surface area contributed by atoms with Gasteiger partial charge in [0, 0.05) is 18.8 Å². The molecule has 0 saturated heterocycles. The summed E-state index contributed by atoms with van der Waals surface area (Å²) in [6, 6.07) is 7.56. The maximum Gasteiger partial charge on any atom is 0.119 e. The molecule has 0 unspecified atom stereocenters. The molecule has 0 spiro atoms. The summed E-state index contributed by atoms with van der Waals surface area (Å²) >= 11 is 0. The van der Waals surface area contributed by atoms with Gasteiger partial charge in [0.1, 0.15) is 23.9 Å². The van der Waals surface area contributed by atoms with Crippen LogP contribution in [0.2, 0.25) is 0 Å². The van der Waals surface area contributed by atoms with Gasteiger partial charge < -0.3 is 19.8 Å². The number of nitrogens with zero attached hydrogens (tertiary/aromatic N) is 2. The summed E-state index contributed by atoms with van der Waals surface area (Å²) < 4.78 is 12.8. The van der Waals surface area contributed by atoms with Crippen molar-refractivity contribution in [3.63, 3.8) is 0 Å². The standard InChI is InChI=1S/C14H19N3O2/c1-18-12-2-4-13(5-3-12)19-11-10-17-9-8-16-14(17)6-7-15/h2-5,8-9H,6-7,10-11,15H2,1H3. The summed E-state index contributed by atoms with van der Waals surface area (Å²) in [4.78, 5) is 4.27. The van der Waals surface area contributed by atoms with E-state index in [-0.39, 0.29) is 0 Å². The third-order valence-electron chi connectivity index (χ3n) is 2.83. The van der Waals surface area contributed by atoms with E-state index in [1.54, 1.807) is 13.3 Å². The Labute approximate surface area is 113 Å². The van der Waals surface area contributed by atoms with E-state index in [1.165, 1.54) is 0 Å². The molecule has 5 nitrogen and oxygen atoms in total. The molecule has 1 heterocycles. The molecule has 0 aliphatic heterocycles. The molecule has 2 N–H and O–H groups in total. The lowest BCUT2D eigenvalue weighted by Gasteiger charge is -2.09. The number of imidazole rings is 1. The van der Waals surface area contributed by atoms with E-state index in [9.17, 15) is 0 Å². The number of hydrogen-bond donors (Lipinski definition) is 1. The Bertz CT molecular complexity index is 494. The normalized spacial score (nSPS) is 10.4. The van der Waals surface area contributed by atoms with Gasteiger partial charge in [-0.2, -0.15) is 0 Å². The summed E-state index contributed by atoms with van der Waals surface area (Å²) in [7, 11) is 1.65. The zero-order valence-electron chi connectivity index (χ0n) is 11.1. The highest BCUT2D eigenvalue weighted by Crippen LogP contribution is 2.16. The van der Waals surface area contributed by atoms with Crippen LogP contribution < -0.4 is 15.2 Å². The third-order valence-corrected chi connectivity index (χ3v) is 2.83. The van der Waals surface area contributed by atoms with Gasteiger partial charge in [0.15, 0.2) is 0 Å². The fourth-order valence-electron chi connectivity index (χ4n) is 1.83. The number of rotatable bonds is 7. The highest BCUT2D eigenvalue weighted by Gasteiger charge is 2.02. The lowest BCUT2D eigenvalue weighted by Crippen LogP contribution is -2.13. The minimum Gasteiger partial charge on any atom is -0.497 e. The summed E-state index contributed by atoms with van der Waals surface area (Å²) in [6.45, 7) is 1.97. The first-order chi connectivity index (χ1) is 9.33. The molecule has 0 bridgehead atoms. The van der Waals surface area contributed by atoms with E-state index in [2.05, 4.69) is 9.55 Å². The molecule has 5 heteroatoms. The Morgan fingerprint density at radius 1 is 1.21 bits per heavy atom. The van der Waals surface area contributed by atoms with Gasteiger partial charge in [0.2, 0.25) is 0 Å². The molecule has 0 fully saturated rings. The van der Waals surface area contributed by atoms with Gasteiger partial charge in [-0.25, -0.2) is 4.98 Å². The Balaban J connectivity index is 1.83. The average molecular weight is 261 g/mol. The average Bonchev–Trinajstić information content (AvgIpc) is 2.88. The van der Waals surface area contributed by atoms with Gasteiger partial charge in [0.25, 0.3) is 0 Å². The second kappa shape index (κ2) is 6.80. The van der Waals surface area contributed by atoms with Crippen molar-refractivity contribution in [3.05, 3.63) is 42.5 Å². The zero-order chi connectivity index (χ0) is 13.5. The molecule has 102 valence electrons. The summed E-state index contributed by atoms with van der Waals surface area (Å²) in [5.41, 5.74) is 5.54. The van der Waals surface area contributed by atoms with Crippen LogP contribution in [0.3, 0.4) is 0 Å². The van der Waals surface area contributed by atoms with E-state index in [0.29, 0.717) is 13.2 Å². The van der Waals surface area contributed by atoms with Crippen LogP contribution in [0.1, 0.15) is 5.82 Å². The monoisotopic (exact) mass is 261 g/mol. The molecule has 0 saturated carbocycles. The smallest absolute Gasteiger partial charge is 0.119 e. The Kier molecular flexibility index (Phi) is 4.80. The fourth-order valence-corrected chi connectivity index (χ4v) is 1.83. The predicted octanol–water partition coefficient (Wildman–Crippen LogP) is 1.47. The lowest BCUT2D eigenvalue weighted by atomic mass is 10.3. The van der Waals surface area contributed by atoms with Crippen molar-refractivity contribution in [2.45, 2.75) is 13.0 Å². The summed E-state index contributed by atoms with van der Waals surface area (Å²) in [6.07, 6.45) is 4.52. The SMILES string of the molecule is COc1ccc(OCCn2ccnc2CCN)cc1. The quantitative estimate of drug-likeness (QED) is 0.820. The Morgan fingerprint density at radius 2 is 1.95 bits per heavy atom. The highest BCUT2D eigenvalue weighted by molar-refractivity contribution is 5.31. The summed E-state index contributed by atoms with van der Waals surface area (Å²) in [5, 5.41) is 0. The summed E-state index contributed by atoms with van der Waals surface area (Å²) in [5.74, 6) is 2.66. The first-order valence-electron chi connectivity index (χ1n) is 6.30. The van der Waals surface area contributed by atoms with E-state index in [4.69, 9.17) is 15.2 Å². The van der Waals surface area contributed by atoms with Crippen LogP contribution >= 0.6 is 0 Å². The maximum atomic E-state index is 5.68. The van der Waals surface area contributed by atoms with Crippen LogP contribution in [0.5, 0.6) is 11.5 Å². The van der Waals surface area contributed by atoms with Crippen molar-refractivity contribution in [1.82, 2.24) is 9.55 Å². The molecular weight excluding hydrogens is 242 g/mol. The molecule has 0 aliphatic carbocycles. The molecule has 0 aliphatic rings. The van der Waals surface area contributed by atoms with Crippen molar-refractivity contribution >= 4 is 0 Å². The first kappa shape index (κ1) is 13.4. The van der Waals surface area contributed by atoms with Gasteiger partial charge in [-0.15, -0.1) is 0 Å². The highest BCUT2D eigenvalue weighted by atomic mass is 16.5. The van der Waals surface area contributed by atoms with Gasteiger partial charge in [0.05, 0.1) is 13.7 Å². The number of ether oxygens (including phenoxy) is 2. The van der Waals surface area contributed by atoms with E-state index < -0.39 is 0 Å². The molecule has 0 radical (unpaired) electrons. The second-order valence-electron chi connectivity index (χ2n) is 4.10. The number of hydrogen-bond acceptors (Lipinski definition) is 4. The van der Waals surface area contributed by atoms with Crippen LogP contribution in [0.15, 0.2) is 36.7 Å². The fraction of sp³-hybridized carbons (Fsp3) is 0.357. The van der Waals surface area contributed by atoms with Gasteiger partial charge >= 0.3 is 0 Å². The van der Waals surface area contributed by atoms with Gasteiger partial charge in [-0.3, -0.25) is 0 Å². The van der Waals surface area contributed by atoms with E-state index >= 15 is 0 Å². The Morgan fingerprint density at radius 3 is 2.63 bits per heavy atom. The van der Waals surface area contributed by atoms with Crippen LogP contribution in [-0.2, 0) is 13.0 Å². The minimum atomic E-state index is 0.597. The number of nitrogens with two attached hydrogens (primary N) is 1. The van der Waals surface area contributed by atoms with Crippen molar-refractivity contribution < 1.29 is 9.47 Å². The van der Waals surface area contributed by atoms with Crippen LogP contribution in [0.25, 0.3) is 0 Å². The Hall–Kier alpha value is -2.01. The molecular formula is C14H19N3O2. The van der Waals surface area contributed by atoms with Crippen molar-refractivity contribution in [2.24, 2.45) is 5.73 Å². The van der Waals surface area contributed by atoms with E-state index in [0.717, 1.165) is 30.3 Å². The molecule has 2 rings (SSSR count). The second-order valence-corrected chi connectivity index (χ2v) is 4.10. The largest absolute Gasteiger partial charge is 0.497 e. The molecule has 19 heavy (non-hydrogen) atoms. The predicted molar refractivity (Wildman–Crippen MR) is 73.5 cm³/mol. The third kappa shape index (κ3) is 3.72. The zero-order valence-corrected chi connectivity index (χ0v) is 11.1. The molecule has 1 aromatic carbocycles. The van der Waals surface area contributed by atoms with Gasteiger partial charge in [-0.05, 0) is 30.8 Å². The maximum absolute atomic E-state index is 5.68. The number of methoxy groups -OCH3 is 1. The van der Waals surface area contributed by atoms with Crippen LogP contribution in [-0.4, -0.2) is 29.8 Å². The molecule has 0 atom stereocenters. The van der Waals surface area contributed by atoms with Crippen LogP contribution in [0.4, 0.5) is 0 Å². The van der Waals surface area contributed by atoms with Crippen LogP contribution in [0, 0.1) is 0 Å². The topological polar surface area (TPSA) is 62.3 Å². The van der Waals surface area contributed by atoms with Crippen molar-refractivity contribution in [1.29, 1.82) is 0 Å². The van der Waals surface area contributed by atoms with Crippen molar-refractivity contribution in [3.8, 4) is 11.5 Å². The van der Waals surface area contributed by atoms with E-state index in [1.807, 2.05) is 30.5 Å². The minimum absolute atomic E-state index is 0.597. The molecule has 2 aromatic rings. The molecule has 1 aromatic heterocycles. The number of aromatic nitrogens is 2. The first-order valence-corrected chi connectivity index (χ1v) is 6.30. The molecule has 0 amide bonds. The lowest BCUT2D eigenvalue weighted by molar-refractivity contribution is 0.295. The number of benzene rings is 1. The van der Waals surface area contributed by atoms with Crippen molar-refractivity contribution in [2.75, 3.05) is 20.3 Å².